The molecule has 0 aliphatic heterocycles. The standard InChI is InChI=1S/C24H28N4O4S/c1-14(2)21(24-26-22(27-32-24)17-10-11-17)25-23(29)18-6-5-7-19(13-18)28-33(30,31)20-12-15(3)8-9-16(20)4/h5-9,12-14,17,21,28H,10-11H2,1-4H3,(H,25,29). The number of anilines is 1. The molecule has 0 saturated heterocycles. The summed E-state index contributed by atoms with van der Waals surface area (Å²) in [7, 11) is -3.80. The molecule has 8 nitrogen and oxygen atoms in total. The van der Waals surface area contributed by atoms with E-state index in [9.17, 15) is 13.2 Å². The Balaban J connectivity index is 1.52. The number of hydrogen-bond donors (Lipinski definition) is 2. The van der Waals surface area contributed by atoms with E-state index >= 15 is 0 Å². The summed E-state index contributed by atoms with van der Waals surface area (Å²) in [6, 6.07) is 11.2. The van der Waals surface area contributed by atoms with Crippen molar-refractivity contribution in [2.24, 2.45) is 5.92 Å². The van der Waals surface area contributed by atoms with Crippen LogP contribution in [0, 0.1) is 19.8 Å². The van der Waals surface area contributed by atoms with Crippen LogP contribution in [0.3, 0.4) is 0 Å². The molecule has 1 atom stereocenters. The van der Waals surface area contributed by atoms with Gasteiger partial charge in [-0.3, -0.25) is 9.52 Å². The largest absolute Gasteiger partial charge is 0.340 e. The Kier molecular flexibility index (Phi) is 6.25. The molecule has 1 fully saturated rings. The van der Waals surface area contributed by atoms with Gasteiger partial charge in [0.15, 0.2) is 5.82 Å². The molecule has 2 aromatic carbocycles. The zero-order valence-electron chi connectivity index (χ0n) is 19.1. The van der Waals surface area contributed by atoms with Crippen LogP contribution < -0.4 is 10.0 Å². The second-order valence-electron chi connectivity index (χ2n) is 8.92. The summed E-state index contributed by atoms with van der Waals surface area (Å²) in [6.07, 6.45) is 2.12. The molecular weight excluding hydrogens is 440 g/mol. The molecule has 1 aliphatic rings. The molecule has 0 bridgehead atoms. The van der Waals surface area contributed by atoms with E-state index in [1.165, 1.54) is 6.07 Å². The van der Waals surface area contributed by atoms with Crippen molar-refractivity contribution in [1.82, 2.24) is 15.5 Å². The van der Waals surface area contributed by atoms with E-state index in [4.69, 9.17) is 4.52 Å². The Bertz CT molecular complexity index is 1280. The molecule has 2 N–H and O–H groups in total. The van der Waals surface area contributed by atoms with Crippen LogP contribution in [0.1, 0.15) is 71.8 Å². The fourth-order valence-corrected chi connectivity index (χ4v) is 4.93. The quantitative estimate of drug-likeness (QED) is 0.503. The van der Waals surface area contributed by atoms with Crippen LogP contribution in [0.2, 0.25) is 0 Å². The maximum absolute atomic E-state index is 13.0. The Morgan fingerprint density at radius 1 is 1.12 bits per heavy atom. The van der Waals surface area contributed by atoms with Crippen molar-refractivity contribution in [3.63, 3.8) is 0 Å². The highest BCUT2D eigenvalue weighted by molar-refractivity contribution is 7.92. The lowest BCUT2D eigenvalue weighted by Crippen LogP contribution is -2.32. The molecular formula is C24H28N4O4S. The Morgan fingerprint density at radius 2 is 1.88 bits per heavy atom. The average Bonchev–Trinajstić information content (AvgIpc) is 3.50. The number of hydrogen-bond acceptors (Lipinski definition) is 6. The molecule has 174 valence electrons. The number of sulfonamides is 1. The van der Waals surface area contributed by atoms with Gasteiger partial charge in [-0.2, -0.15) is 4.98 Å². The third kappa shape index (κ3) is 5.24. The van der Waals surface area contributed by atoms with Crippen LogP contribution in [0.5, 0.6) is 0 Å². The molecule has 0 spiro atoms. The maximum Gasteiger partial charge on any atom is 0.262 e. The minimum Gasteiger partial charge on any atom is -0.340 e. The van der Waals surface area contributed by atoms with Gasteiger partial charge in [-0.05, 0) is 68.0 Å². The zero-order chi connectivity index (χ0) is 23.8. The lowest BCUT2D eigenvalue weighted by Gasteiger charge is -2.19. The van der Waals surface area contributed by atoms with Crippen molar-refractivity contribution in [3.05, 3.63) is 70.9 Å². The van der Waals surface area contributed by atoms with Gasteiger partial charge in [0.25, 0.3) is 15.9 Å². The van der Waals surface area contributed by atoms with Crippen LogP contribution in [0.4, 0.5) is 5.69 Å². The molecule has 9 heteroatoms. The number of carbonyl (C=O) groups is 1. The second-order valence-corrected chi connectivity index (χ2v) is 10.6. The summed E-state index contributed by atoms with van der Waals surface area (Å²) in [5.74, 6) is 1.09. The number of nitrogens with zero attached hydrogens (tertiary/aromatic N) is 2. The summed E-state index contributed by atoms with van der Waals surface area (Å²) < 4.78 is 33.9. The van der Waals surface area contributed by atoms with E-state index in [0.29, 0.717) is 34.4 Å². The lowest BCUT2D eigenvalue weighted by atomic mass is 10.0. The molecule has 0 radical (unpaired) electrons. The van der Waals surface area contributed by atoms with Gasteiger partial charge in [0.1, 0.15) is 6.04 Å². The molecule has 4 rings (SSSR count). The molecule has 1 heterocycles. The monoisotopic (exact) mass is 468 g/mol. The molecule has 1 saturated carbocycles. The minimum atomic E-state index is -3.80. The van der Waals surface area contributed by atoms with Crippen LogP contribution in [-0.4, -0.2) is 24.5 Å². The fraction of sp³-hybridized carbons (Fsp3) is 0.375. The summed E-state index contributed by atoms with van der Waals surface area (Å²) in [5, 5.41) is 6.99. The molecule has 1 unspecified atom stereocenters. The molecule has 1 aliphatic carbocycles. The van der Waals surface area contributed by atoms with Gasteiger partial charge in [0.2, 0.25) is 5.89 Å². The average molecular weight is 469 g/mol. The summed E-state index contributed by atoms with van der Waals surface area (Å²) in [6.45, 7) is 7.50. The molecule has 1 amide bonds. The van der Waals surface area contributed by atoms with Crippen LogP contribution in [0.15, 0.2) is 51.9 Å². The predicted octanol–water partition coefficient (Wildman–Crippen LogP) is 4.49. The maximum atomic E-state index is 13.0. The van der Waals surface area contributed by atoms with Crippen molar-refractivity contribution < 1.29 is 17.7 Å². The number of amides is 1. The van der Waals surface area contributed by atoms with E-state index in [2.05, 4.69) is 20.2 Å². The van der Waals surface area contributed by atoms with Gasteiger partial charge in [0, 0.05) is 17.2 Å². The first-order valence-corrected chi connectivity index (χ1v) is 12.5. The fourth-order valence-electron chi connectivity index (χ4n) is 3.55. The highest BCUT2D eigenvalue weighted by atomic mass is 32.2. The third-order valence-electron chi connectivity index (χ3n) is 5.63. The second kappa shape index (κ2) is 8.97. The first kappa shape index (κ1) is 23.0. The normalized spacial score (nSPS) is 14.8. The van der Waals surface area contributed by atoms with Crippen LogP contribution in [0.25, 0.3) is 0 Å². The zero-order valence-corrected chi connectivity index (χ0v) is 19.9. The van der Waals surface area contributed by atoms with E-state index in [-0.39, 0.29) is 16.7 Å². The molecule has 33 heavy (non-hydrogen) atoms. The van der Waals surface area contributed by atoms with Crippen molar-refractivity contribution in [3.8, 4) is 0 Å². The molecule has 3 aromatic rings. The van der Waals surface area contributed by atoms with Gasteiger partial charge in [0.05, 0.1) is 4.90 Å². The summed E-state index contributed by atoms with van der Waals surface area (Å²) >= 11 is 0. The minimum absolute atomic E-state index is 0.0208. The number of aromatic nitrogens is 2. The summed E-state index contributed by atoms with van der Waals surface area (Å²) in [5.41, 5.74) is 2.12. The van der Waals surface area contributed by atoms with E-state index in [1.54, 1.807) is 37.3 Å². The number of carbonyl (C=O) groups excluding carboxylic acids is 1. The number of aryl methyl sites for hydroxylation is 2. The number of rotatable bonds is 8. The highest BCUT2D eigenvalue weighted by Crippen LogP contribution is 2.38. The SMILES string of the molecule is Cc1ccc(C)c(S(=O)(=O)Nc2cccc(C(=O)NC(c3nc(C4CC4)no3)C(C)C)c2)c1. The van der Waals surface area contributed by atoms with Gasteiger partial charge in [-0.15, -0.1) is 0 Å². The Morgan fingerprint density at radius 3 is 2.58 bits per heavy atom. The number of nitrogens with one attached hydrogen (secondary N) is 2. The third-order valence-corrected chi connectivity index (χ3v) is 7.15. The van der Waals surface area contributed by atoms with E-state index in [0.717, 1.165) is 18.4 Å². The molecule has 1 aromatic heterocycles. The topological polar surface area (TPSA) is 114 Å². The van der Waals surface area contributed by atoms with Crippen molar-refractivity contribution in [2.75, 3.05) is 4.72 Å². The smallest absolute Gasteiger partial charge is 0.262 e. The first-order chi connectivity index (χ1) is 15.6. The van der Waals surface area contributed by atoms with Crippen molar-refractivity contribution >= 4 is 21.6 Å². The van der Waals surface area contributed by atoms with Crippen molar-refractivity contribution in [2.45, 2.75) is 57.4 Å². The van der Waals surface area contributed by atoms with E-state index < -0.39 is 16.1 Å². The van der Waals surface area contributed by atoms with E-state index in [1.807, 2.05) is 26.8 Å². The number of benzene rings is 2. The van der Waals surface area contributed by atoms with Gasteiger partial charge in [-0.1, -0.05) is 37.2 Å². The highest BCUT2D eigenvalue weighted by Gasteiger charge is 2.31. The van der Waals surface area contributed by atoms with Gasteiger partial charge < -0.3 is 9.84 Å². The first-order valence-electron chi connectivity index (χ1n) is 11.0. The van der Waals surface area contributed by atoms with Crippen LogP contribution in [-0.2, 0) is 10.0 Å². The lowest BCUT2D eigenvalue weighted by molar-refractivity contribution is 0.0914. The van der Waals surface area contributed by atoms with Crippen LogP contribution >= 0.6 is 0 Å². The Labute approximate surface area is 193 Å². The van der Waals surface area contributed by atoms with Gasteiger partial charge in [-0.25, -0.2) is 8.42 Å². The van der Waals surface area contributed by atoms with Crippen molar-refractivity contribution in [1.29, 1.82) is 0 Å². The predicted molar refractivity (Wildman–Crippen MR) is 124 cm³/mol. The van der Waals surface area contributed by atoms with Gasteiger partial charge >= 0.3 is 0 Å². The Hall–Kier alpha value is -3.20. The summed E-state index contributed by atoms with van der Waals surface area (Å²) in [4.78, 5) is 17.7.